The average Bonchev–Trinajstić information content (AvgIpc) is 1.84. The van der Waals surface area contributed by atoms with E-state index >= 15 is 0 Å². The molecule has 0 spiro atoms. The van der Waals surface area contributed by atoms with Gasteiger partial charge in [-0.1, -0.05) is 12.2 Å². The van der Waals surface area contributed by atoms with E-state index in [0.29, 0.717) is 0 Å². The highest BCUT2D eigenvalue weighted by atomic mass is 33.2. The van der Waals surface area contributed by atoms with Crippen molar-refractivity contribution in [2.75, 3.05) is 5.75 Å². The maximum absolute atomic E-state index is 10.4. The molecule has 0 aromatic rings. The van der Waals surface area contributed by atoms with Crippen molar-refractivity contribution >= 4 is 19.0 Å². The molecule has 0 N–H and O–H groups in total. The van der Waals surface area contributed by atoms with E-state index < -0.39 is 24.7 Å². The molecule has 0 aromatic carbocycles. The summed E-state index contributed by atoms with van der Waals surface area (Å²) in [6, 6.07) is 0. The summed E-state index contributed by atoms with van der Waals surface area (Å²) >= 11 is 0. The molecule has 1 unspecified atom stereocenters. The van der Waals surface area contributed by atoms with Crippen LogP contribution in [0.15, 0.2) is 12.2 Å². The van der Waals surface area contributed by atoms with Crippen LogP contribution in [-0.4, -0.2) is 22.9 Å². The molecular formula is C4H7O4S2-. The van der Waals surface area contributed by atoms with Gasteiger partial charge in [-0.05, 0) is 6.92 Å². The molecule has 0 heterocycles. The lowest BCUT2D eigenvalue weighted by molar-refractivity contribution is 0.541. The van der Waals surface area contributed by atoms with Crippen LogP contribution in [-0.2, 0) is 19.0 Å². The molecule has 0 aliphatic rings. The van der Waals surface area contributed by atoms with E-state index in [-0.39, 0.29) is 0 Å². The summed E-state index contributed by atoms with van der Waals surface area (Å²) < 4.78 is 40.7. The van der Waals surface area contributed by atoms with Crippen LogP contribution >= 0.6 is 0 Å². The lowest BCUT2D eigenvalue weighted by Gasteiger charge is -2.01. The predicted octanol–water partition coefficient (Wildman–Crippen LogP) is -0.229. The third-order valence-corrected chi connectivity index (χ3v) is 3.41. The van der Waals surface area contributed by atoms with Crippen LogP contribution in [0.3, 0.4) is 0 Å². The fourth-order valence-corrected chi connectivity index (χ4v) is 1.38. The summed E-state index contributed by atoms with van der Waals surface area (Å²) in [4.78, 5) is 0. The van der Waals surface area contributed by atoms with Crippen molar-refractivity contribution < 1.29 is 17.2 Å². The maximum Gasteiger partial charge on any atom is 0.220 e. The van der Waals surface area contributed by atoms with Gasteiger partial charge in [0.15, 0.2) is 0 Å². The van der Waals surface area contributed by atoms with Crippen molar-refractivity contribution in [3.8, 4) is 0 Å². The van der Waals surface area contributed by atoms with Gasteiger partial charge < -0.3 is 4.55 Å². The van der Waals surface area contributed by atoms with Gasteiger partial charge in [0.25, 0.3) is 0 Å². The zero-order chi connectivity index (χ0) is 8.20. The quantitative estimate of drug-likeness (QED) is 0.344. The molecule has 4 nitrogen and oxygen atoms in total. The van der Waals surface area contributed by atoms with E-state index in [1.165, 1.54) is 12.2 Å². The molecule has 0 aliphatic carbocycles. The molecule has 0 radical (unpaired) electrons. The zero-order valence-corrected chi connectivity index (χ0v) is 6.94. The molecule has 1 atom stereocenters. The van der Waals surface area contributed by atoms with E-state index in [1.807, 2.05) is 0 Å². The first-order valence-corrected chi connectivity index (χ1v) is 5.68. The summed E-state index contributed by atoms with van der Waals surface area (Å²) in [6.45, 7) is 1.61. The van der Waals surface area contributed by atoms with Gasteiger partial charge >= 0.3 is 0 Å². The smallest absolute Gasteiger partial charge is 0.220 e. The van der Waals surface area contributed by atoms with Crippen LogP contribution in [0.25, 0.3) is 0 Å². The highest BCUT2D eigenvalue weighted by molar-refractivity contribution is 8.62. The van der Waals surface area contributed by atoms with Crippen LogP contribution < -0.4 is 0 Å². The minimum atomic E-state index is -3.93. The van der Waals surface area contributed by atoms with Gasteiger partial charge in [-0.15, -0.1) is 0 Å². The summed E-state index contributed by atoms with van der Waals surface area (Å²) in [5.74, 6) is -0.445. The summed E-state index contributed by atoms with van der Waals surface area (Å²) in [6.07, 6.45) is 2.75. The second kappa shape index (κ2) is 3.85. The predicted molar refractivity (Wildman–Crippen MR) is 37.5 cm³/mol. The Morgan fingerprint density at radius 1 is 1.60 bits per heavy atom. The van der Waals surface area contributed by atoms with E-state index in [2.05, 4.69) is 0 Å². The second-order valence-corrected chi connectivity index (χ2v) is 5.69. The number of allylic oxidation sites excluding steroid dienone is 1. The van der Waals surface area contributed by atoms with Gasteiger partial charge in [-0.3, -0.25) is 4.21 Å². The van der Waals surface area contributed by atoms with Gasteiger partial charge in [0.05, 0.1) is 15.9 Å². The van der Waals surface area contributed by atoms with Gasteiger partial charge in [0, 0.05) is 0 Å². The number of hydrogen-bond acceptors (Lipinski definition) is 4. The lowest BCUT2D eigenvalue weighted by atomic mass is 10.6. The van der Waals surface area contributed by atoms with E-state index in [4.69, 9.17) is 0 Å². The Hall–Kier alpha value is -0.200. The molecule has 0 saturated carbocycles. The SMILES string of the molecule is C/C=C/CS(=O)(=O)S(=O)[O-]. The van der Waals surface area contributed by atoms with Crippen molar-refractivity contribution in [2.45, 2.75) is 6.92 Å². The van der Waals surface area contributed by atoms with Crippen LogP contribution in [0.2, 0.25) is 0 Å². The zero-order valence-electron chi connectivity index (χ0n) is 5.31. The van der Waals surface area contributed by atoms with Crippen LogP contribution in [0.4, 0.5) is 0 Å². The van der Waals surface area contributed by atoms with Crippen LogP contribution in [0.5, 0.6) is 0 Å². The fraction of sp³-hybridized carbons (Fsp3) is 0.500. The Morgan fingerprint density at radius 2 is 2.10 bits per heavy atom. The Balaban J connectivity index is 4.31. The standard InChI is InChI=1S/C4H8O4S2/c1-2-3-4-10(7,8)9(5)6/h2-3H,4H2,1H3,(H,5,6)/p-1/b3-2+. The lowest BCUT2D eigenvalue weighted by Crippen LogP contribution is -2.09. The molecule has 0 amide bonds. The van der Waals surface area contributed by atoms with Gasteiger partial charge in [0.1, 0.15) is 0 Å². The van der Waals surface area contributed by atoms with Gasteiger partial charge in [-0.2, -0.15) is 0 Å². The molecule has 10 heavy (non-hydrogen) atoms. The van der Waals surface area contributed by atoms with Gasteiger partial charge in [0.2, 0.25) is 8.87 Å². The molecule has 60 valence electrons. The molecular weight excluding hydrogens is 176 g/mol. The molecule has 0 saturated heterocycles. The van der Waals surface area contributed by atoms with Crippen molar-refractivity contribution in [3.05, 3.63) is 12.2 Å². The molecule has 0 rings (SSSR count). The average molecular weight is 183 g/mol. The fourth-order valence-electron chi connectivity index (χ4n) is 0.270. The highest BCUT2D eigenvalue weighted by Gasteiger charge is 2.06. The molecule has 0 fully saturated rings. The minimum absolute atomic E-state index is 0.445. The molecule has 0 aliphatic heterocycles. The molecule has 0 bridgehead atoms. The Bertz CT molecular complexity index is 238. The third kappa shape index (κ3) is 3.09. The van der Waals surface area contributed by atoms with E-state index in [0.717, 1.165) is 0 Å². The van der Waals surface area contributed by atoms with Crippen molar-refractivity contribution in [3.63, 3.8) is 0 Å². The largest absolute Gasteiger partial charge is 0.760 e. The Kier molecular flexibility index (Phi) is 3.77. The number of rotatable bonds is 3. The first-order valence-electron chi connectivity index (χ1n) is 2.44. The molecule has 6 heteroatoms. The first kappa shape index (κ1) is 9.80. The van der Waals surface area contributed by atoms with Crippen molar-refractivity contribution in [2.24, 2.45) is 0 Å². The van der Waals surface area contributed by atoms with Gasteiger partial charge in [-0.25, -0.2) is 8.42 Å². The summed E-state index contributed by atoms with van der Waals surface area (Å²) in [5, 5.41) is 0. The normalized spacial score (nSPS) is 15.8. The summed E-state index contributed by atoms with van der Waals surface area (Å²) in [5.41, 5.74) is 0. The Labute approximate surface area is 61.5 Å². The first-order chi connectivity index (χ1) is 4.50. The monoisotopic (exact) mass is 183 g/mol. The second-order valence-electron chi connectivity index (χ2n) is 1.50. The third-order valence-electron chi connectivity index (χ3n) is 0.743. The van der Waals surface area contributed by atoms with E-state index in [9.17, 15) is 17.2 Å². The van der Waals surface area contributed by atoms with Crippen molar-refractivity contribution in [1.82, 2.24) is 0 Å². The van der Waals surface area contributed by atoms with Crippen LogP contribution in [0, 0.1) is 0 Å². The summed E-state index contributed by atoms with van der Waals surface area (Å²) in [7, 11) is -6.94. The van der Waals surface area contributed by atoms with E-state index in [1.54, 1.807) is 6.92 Å². The molecule has 0 aromatic heterocycles. The van der Waals surface area contributed by atoms with Crippen LogP contribution in [0.1, 0.15) is 6.92 Å². The maximum atomic E-state index is 10.4. The Morgan fingerprint density at radius 3 is 2.40 bits per heavy atom. The minimum Gasteiger partial charge on any atom is -0.760 e. The number of hydrogen-bond donors (Lipinski definition) is 0. The highest BCUT2D eigenvalue weighted by Crippen LogP contribution is 1.94. The topological polar surface area (TPSA) is 74.3 Å². The van der Waals surface area contributed by atoms with Crippen molar-refractivity contribution in [1.29, 1.82) is 0 Å².